The molecule has 0 saturated heterocycles. The monoisotopic (exact) mass is 323 g/mol. The second kappa shape index (κ2) is 5.77. The molecule has 0 saturated carbocycles. The van der Waals surface area contributed by atoms with Gasteiger partial charge in [0.25, 0.3) is 0 Å². The summed E-state index contributed by atoms with van der Waals surface area (Å²) >= 11 is 12.0. The van der Waals surface area contributed by atoms with Crippen LogP contribution in [0.3, 0.4) is 0 Å². The lowest BCUT2D eigenvalue weighted by Crippen LogP contribution is -2.36. The van der Waals surface area contributed by atoms with E-state index < -0.39 is 0 Å². The first-order valence-corrected chi connectivity index (χ1v) is 6.77. The van der Waals surface area contributed by atoms with Crippen molar-refractivity contribution in [1.29, 1.82) is 0 Å². The van der Waals surface area contributed by atoms with E-state index in [0.717, 1.165) is 11.3 Å². The number of hydrogen-bond donors (Lipinski definition) is 2. The van der Waals surface area contributed by atoms with Gasteiger partial charge in [-0.05, 0) is 18.2 Å². The molecule has 0 radical (unpaired) electrons. The zero-order valence-corrected chi connectivity index (χ0v) is 12.5. The van der Waals surface area contributed by atoms with Crippen LogP contribution >= 0.6 is 23.2 Å². The van der Waals surface area contributed by atoms with Crippen molar-refractivity contribution in [3.8, 4) is 17.1 Å². The molecule has 0 bridgehead atoms. The normalized spacial score (nSPS) is 13.9. The molecule has 1 aliphatic rings. The van der Waals surface area contributed by atoms with Crippen molar-refractivity contribution in [2.24, 2.45) is 0 Å². The van der Waals surface area contributed by atoms with Gasteiger partial charge in [0.2, 0.25) is 5.88 Å². The van der Waals surface area contributed by atoms with Gasteiger partial charge in [-0.15, -0.1) is 5.53 Å². The van der Waals surface area contributed by atoms with Crippen molar-refractivity contribution >= 4 is 28.9 Å². The van der Waals surface area contributed by atoms with Gasteiger partial charge >= 0.3 is 0 Å². The number of methoxy groups -OCH3 is 1. The van der Waals surface area contributed by atoms with Gasteiger partial charge in [0.1, 0.15) is 11.5 Å². The van der Waals surface area contributed by atoms with Gasteiger partial charge in [0.05, 0.1) is 24.7 Å². The van der Waals surface area contributed by atoms with Gasteiger partial charge in [-0.2, -0.15) is 0 Å². The average Bonchev–Trinajstić information content (AvgIpc) is 2.93. The molecule has 0 atom stereocenters. The highest BCUT2D eigenvalue weighted by atomic mass is 35.5. The summed E-state index contributed by atoms with van der Waals surface area (Å²) in [5.74, 6) is 0.479. The largest absolute Gasteiger partial charge is 0.481 e. The second-order valence-corrected chi connectivity index (χ2v) is 5.03. The molecule has 8 heteroatoms. The highest BCUT2D eigenvalue weighted by Gasteiger charge is 2.17. The fraction of sp³-hybridized carbons (Fsp3) is 0.0769. The summed E-state index contributed by atoms with van der Waals surface area (Å²) in [5, 5.41) is 2.83. The smallest absolute Gasteiger partial charge is 0.216 e. The van der Waals surface area contributed by atoms with Crippen LogP contribution in [-0.2, 0) is 0 Å². The summed E-state index contributed by atoms with van der Waals surface area (Å²) in [5.41, 5.74) is 8.07. The fourth-order valence-corrected chi connectivity index (χ4v) is 2.26. The van der Waals surface area contributed by atoms with E-state index >= 15 is 0 Å². The van der Waals surface area contributed by atoms with E-state index in [2.05, 4.69) is 20.9 Å². The maximum absolute atomic E-state index is 6.11. The lowest BCUT2D eigenvalue weighted by atomic mass is 10.1. The predicted molar refractivity (Wildman–Crippen MR) is 81.7 cm³/mol. The third-order valence-electron chi connectivity index (χ3n) is 2.88. The van der Waals surface area contributed by atoms with Crippen LogP contribution in [0.1, 0.15) is 0 Å². The predicted octanol–water partition coefficient (Wildman–Crippen LogP) is 2.67. The molecule has 2 aromatic rings. The maximum Gasteiger partial charge on any atom is 0.216 e. The molecular formula is C13H11Cl2N5O. The molecule has 0 spiro atoms. The first-order chi connectivity index (χ1) is 10.2. The number of benzene rings is 1. The van der Waals surface area contributed by atoms with E-state index in [4.69, 9.17) is 27.9 Å². The van der Waals surface area contributed by atoms with Crippen LogP contribution < -0.4 is 20.7 Å². The summed E-state index contributed by atoms with van der Waals surface area (Å²) < 4.78 is 5.13. The van der Waals surface area contributed by atoms with E-state index in [1.807, 2.05) is 12.1 Å². The average molecular weight is 324 g/mol. The maximum atomic E-state index is 6.11. The molecular weight excluding hydrogens is 313 g/mol. The highest BCUT2D eigenvalue weighted by molar-refractivity contribution is 6.31. The highest BCUT2D eigenvalue weighted by Crippen LogP contribution is 2.33. The summed E-state index contributed by atoms with van der Waals surface area (Å²) in [7, 11) is 1.56. The Kier molecular flexibility index (Phi) is 3.83. The van der Waals surface area contributed by atoms with Gasteiger partial charge < -0.3 is 4.74 Å². The van der Waals surface area contributed by atoms with Crippen molar-refractivity contribution in [1.82, 2.24) is 20.9 Å². The lowest BCUT2D eigenvalue weighted by molar-refractivity contribution is 0.397. The fourth-order valence-electron chi connectivity index (χ4n) is 1.94. The summed E-state index contributed by atoms with van der Waals surface area (Å²) in [4.78, 5) is 8.28. The Morgan fingerprint density at radius 1 is 1.19 bits per heavy atom. The molecule has 0 amide bonds. The summed E-state index contributed by atoms with van der Waals surface area (Å²) in [6, 6.07) is 7.22. The number of rotatable bonds is 3. The Balaban J connectivity index is 2.10. The molecule has 0 aliphatic carbocycles. The van der Waals surface area contributed by atoms with Crippen LogP contribution in [-0.4, -0.2) is 17.1 Å². The minimum absolute atomic E-state index is 0.479. The van der Waals surface area contributed by atoms with Crippen LogP contribution in [0.2, 0.25) is 5.02 Å². The van der Waals surface area contributed by atoms with Gasteiger partial charge in [-0.25, -0.2) is 9.97 Å². The molecule has 1 aromatic heterocycles. The van der Waals surface area contributed by atoms with Crippen molar-refractivity contribution in [3.05, 3.63) is 47.0 Å². The van der Waals surface area contributed by atoms with Gasteiger partial charge in [0.15, 0.2) is 0 Å². The Morgan fingerprint density at radius 2 is 2.05 bits per heavy atom. The van der Waals surface area contributed by atoms with Crippen LogP contribution in [0.15, 0.2) is 41.9 Å². The third-order valence-corrected chi connectivity index (χ3v) is 3.31. The number of nitrogens with zero attached hydrogens (tertiary/aromatic N) is 3. The molecule has 2 N–H and O–H groups in total. The van der Waals surface area contributed by atoms with E-state index in [-0.39, 0.29) is 0 Å². The van der Waals surface area contributed by atoms with E-state index in [1.165, 1.54) is 6.33 Å². The molecule has 2 heterocycles. The number of aromatic nitrogens is 2. The SMILES string of the molecule is COc1cc(-c2cc(Cl)ccc2N2C=C(Cl)NN2)ncn1. The van der Waals surface area contributed by atoms with Gasteiger partial charge in [-0.3, -0.25) is 10.4 Å². The zero-order chi connectivity index (χ0) is 14.8. The zero-order valence-electron chi connectivity index (χ0n) is 11.0. The molecule has 1 aromatic carbocycles. The summed E-state index contributed by atoms with van der Waals surface area (Å²) in [6.07, 6.45) is 3.16. The van der Waals surface area contributed by atoms with Crippen LogP contribution in [0.5, 0.6) is 5.88 Å². The number of halogens is 2. The second-order valence-electron chi connectivity index (χ2n) is 4.19. The molecule has 108 valence electrons. The molecule has 6 nitrogen and oxygen atoms in total. The lowest BCUT2D eigenvalue weighted by Gasteiger charge is -2.19. The van der Waals surface area contributed by atoms with Crippen LogP contribution in [0.25, 0.3) is 11.3 Å². The van der Waals surface area contributed by atoms with E-state index in [9.17, 15) is 0 Å². The topological polar surface area (TPSA) is 62.3 Å². The first-order valence-electron chi connectivity index (χ1n) is 6.01. The van der Waals surface area contributed by atoms with Crippen molar-refractivity contribution in [2.45, 2.75) is 0 Å². The molecule has 3 rings (SSSR count). The molecule has 0 fully saturated rings. The van der Waals surface area contributed by atoms with E-state index in [1.54, 1.807) is 30.5 Å². The number of hydrogen-bond acceptors (Lipinski definition) is 6. The third kappa shape index (κ3) is 2.87. The van der Waals surface area contributed by atoms with Gasteiger partial charge in [-0.1, -0.05) is 23.2 Å². The van der Waals surface area contributed by atoms with Crippen LogP contribution in [0.4, 0.5) is 5.69 Å². The Hall–Kier alpha value is -2.02. The Morgan fingerprint density at radius 3 is 2.76 bits per heavy atom. The quantitative estimate of drug-likeness (QED) is 0.847. The van der Waals surface area contributed by atoms with E-state index in [0.29, 0.717) is 21.8 Å². The van der Waals surface area contributed by atoms with Crippen molar-refractivity contribution in [3.63, 3.8) is 0 Å². The molecule has 1 aliphatic heterocycles. The number of nitrogens with one attached hydrogen (secondary N) is 2. The Labute approximate surface area is 131 Å². The molecule has 21 heavy (non-hydrogen) atoms. The standard InChI is InChI=1S/C13H11Cl2N5O/c1-21-13-5-10(16-7-17-13)9-4-8(14)2-3-11(9)20-6-12(15)18-19-20/h2-7,18-19H,1H3. The summed E-state index contributed by atoms with van der Waals surface area (Å²) in [6.45, 7) is 0. The van der Waals surface area contributed by atoms with Crippen LogP contribution in [0, 0.1) is 0 Å². The first kappa shape index (κ1) is 13.9. The minimum atomic E-state index is 0.479. The Bertz CT molecular complexity index is 707. The van der Waals surface area contributed by atoms with Gasteiger partial charge in [0, 0.05) is 16.7 Å². The van der Waals surface area contributed by atoms with Crippen molar-refractivity contribution < 1.29 is 4.74 Å². The number of ether oxygens (including phenoxy) is 1. The molecule has 0 unspecified atom stereocenters. The minimum Gasteiger partial charge on any atom is -0.481 e. The number of anilines is 1. The van der Waals surface area contributed by atoms with Crippen molar-refractivity contribution in [2.75, 3.05) is 12.1 Å². The number of hydrazine groups is 2.